The van der Waals surface area contributed by atoms with Gasteiger partial charge in [-0.3, -0.25) is 4.79 Å². The zero-order valence-corrected chi connectivity index (χ0v) is 18.6. The van der Waals surface area contributed by atoms with Crippen molar-refractivity contribution >= 4 is 51.9 Å². The number of furan rings is 1. The number of aromatic nitrogens is 3. The largest absolute Gasteiger partial charge is 0.457 e. The van der Waals surface area contributed by atoms with Crippen LogP contribution in [0.4, 0.5) is 5.69 Å². The summed E-state index contributed by atoms with van der Waals surface area (Å²) in [5, 5.41) is 12.8. The molecule has 0 unspecified atom stereocenters. The number of benzene rings is 3. The number of para-hydroxylation sites is 1. The van der Waals surface area contributed by atoms with Crippen molar-refractivity contribution in [2.75, 3.05) is 5.32 Å². The number of rotatable bonds is 5. The van der Waals surface area contributed by atoms with Crippen LogP contribution in [-0.4, -0.2) is 20.9 Å². The first-order chi connectivity index (χ1) is 16.0. The smallest absolute Gasteiger partial charge is 0.248 e. The molecule has 0 saturated heterocycles. The number of anilines is 1. The number of fused-ring (bicyclic) bond motifs is 1. The van der Waals surface area contributed by atoms with Gasteiger partial charge in [0.05, 0.1) is 10.7 Å². The van der Waals surface area contributed by atoms with Crippen LogP contribution < -0.4 is 5.32 Å². The van der Waals surface area contributed by atoms with E-state index in [9.17, 15) is 4.79 Å². The Bertz CT molecular complexity index is 1490. The highest BCUT2D eigenvalue weighted by Gasteiger charge is 2.09. The first-order valence-electron chi connectivity index (χ1n) is 10.0. The molecule has 0 aliphatic heterocycles. The molecule has 3 aromatic carbocycles. The zero-order valence-electron chi connectivity index (χ0n) is 17.1. The number of carbonyl (C=O) groups is 1. The molecule has 0 saturated carbocycles. The van der Waals surface area contributed by atoms with Crippen molar-refractivity contribution in [3.8, 4) is 17.0 Å². The minimum absolute atomic E-state index is 0.299. The summed E-state index contributed by atoms with van der Waals surface area (Å²) < 4.78 is 5.78. The highest BCUT2D eigenvalue weighted by Crippen LogP contribution is 2.31. The Hall–Kier alpha value is -3.87. The van der Waals surface area contributed by atoms with Gasteiger partial charge in [0.1, 0.15) is 22.6 Å². The quantitative estimate of drug-likeness (QED) is 0.289. The second kappa shape index (κ2) is 8.94. The standard InChI is InChI=1S/C25H16Cl2N4O2/c26-16-6-10-20(21(27)14-16)24-12-8-19(33-24)9-13-25(32)28-17-7-11-22-23(15-17)30-31(29-22)18-4-2-1-3-5-18/h1-15H,(H,28,32)/b13-9+. The van der Waals surface area contributed by atoms with Crippen LogP contribution in [0.1, 0.15) is 5.76 Å². The van der Waals surface area contributed by atoms with Gasteiger partial charge >= 0.3 is 0 Å². The molecule has 0 radical (unpaired) electrons. The molecule has 1 amide bonds. The third kappa shape index (κ3) is 4.67. The lowest BCUT2D eigenvalue weighted by atomic mass is 10.2. The maximum Gasteiger partial charge on any atom is 0.248 e. The molecule has 5 aromatic rings. The third-order valence-corrected chi connectivity index (χ3v) is 5.41. The van der Waals surface area contributed by atoms with Gasteiger partial charge in [0.25, 0.3) is 0 Å². The summed E-state index contributed by atoms with van der Waals surface area (Å²) in [5.41, 5.74) is 3.61. The maximum absolute atomic E-state index is 12.4. The lowest BCUT2D eigenvalue weighted by Gasteiger charge is -2.01. The van der Waals surface area contributed by atoms with Crippen molar-refractivity contribution in [1.82, 2.24) is 15.0 Å². The minimum atomic E-state index is -0.299. The highest BCUT2D eigenvalue weighted by molar-refractivity contribution is 6.36. The summed E-state index contributed by atoms with van der Waals surface area (Å²) >= 11 is 12.2. The van der Waals surface area contributed by atoms with E-state index in [1.54, 1.807) is 53.3 Å². The highest BCUT2D eigenvalue weighted by atomic mass is 35.5. The molecule has 0 atom stereocenters. The van der Waals surface area contributed by atoms with Gasteiger partial charge in [-0.05, 0) is 66.7 Å². The molecule has 6 nitrogen and oxygen atoms in total. The fourth-order valence-electron chi connectivity index (χ4n) is 3.29. The van der Waals surface area contributed by atoms with Crippen molar-refractivity contribution in [3.63, 3.8) is 0 Å². The SMILES string of the molecule is O=C(/C=C/c1ccc(-c2ccc(Cl)cc2Cl)o1)Nc1ccc2nn(-c3ccccc3)nc2c1. The molecule has 33 heavy (non-hydrogen) atoms. The summed E-state index contributed by atoms with van der Waals surface area (Å²) in [7, 11) is 0. The molecule has 0 aliphatic rings. The fraction of sp³-hybridized carbons (Fsp3) is 0. The molecule has 8 heteroatoms. The van der Waals surface area contributed by atoms with Crippen LogP contribution in [0.15, 0.2) is 89.4 Å². The number of hydrogen-bond donors (Lipinski definition) is 1. The Labute approximate surface area is 199 Å². The number of carbonyl (C=O) groups excluding carboxylic acids is 1. The van der Waals surface area contributed by atoms with Gasteiger partial charge in [0.15, 0.2) is 0 Å². The van der Waals surface area contributed by atoms with Crippen molar-refractivity contribution in [2.24, 2.45) is 0 Å². The van der Waals surface area contributed by atoms with Crippen molar-refractivity contribution < 1.29 is 9.21 Å². The summed E-state index contributed by atoms with van der Waals surface area (Å²) in [6.45, 7) is 0. The molecule has 0 spiro atoms. The predicted octanol–water partition coefficient (Wildman–Crippen LogP) is 6.64. The van der Waals surface area contributed by atoms with Gasteiger partial charge < -0.3 is 9.73 Å². The van der Waals surface area contributed by atoms with Crippen LogP contribution in [0, 0.1) is 0 Å². The van der Waals surface area contributed by atoms with Crippen LogP contribution >= 0.6 is 23.2 Å². The minimum Gasteiger partial charge on any atom is -0.457 e. The van der Waals surface area contributed by atoms with E-state index in [0.717, 1.165) is 16.8 Å². The Morgan fingerprint density at radius 1 is 0.909 bits per heavy atom. The lowest BCUT2D eigenvalue weighted by Crippen LogP contribution is -2.07. The summed E-state index contributed by atoms with van der Waals surface area (Å²) in [4.78, 5) is 14.0. The number of amides is 1. The van der Waals surface area contributed by atoms with Gasteiger partial charge in [-0.25, -0.2) is 0 Å². The van der Waals surface area contributed by atoms with E-state index >= 15 is 0 Å². The molecule has 1 N–H and O–H groups in total. The fourth-order valence-corrected chi connectivity index (χ4v) is 3.79. The van der Waals surface area contributed by atoms with Crippen LogP contribution in [0.2, 0.25) is 10.0 Å². The third-order valence-electron chi connectivity index (χ3n) is 4.86. The van der Waals surface area contributed by atoms with E-state index in [2.05, 4.69) is 15.5 Å². The molecule has 2 aromatic heterocycles. The van der Waals surface area contributed by atoms with E-state index in [1.165, 1.54) is 6.08 Å². The van der Waals surface area contributed by atoms with Crippen molar-refractivity contribution in [3.05, 3.63) is 101 Å². The van der Waals surface area contributed by atoms with E-state index in [0.29, 0.717) is 32.8 Å². The first kappa shape index (κ1) is 21.0. The average Bonchev–Trinajstić information content (AvgIpc) is 3.45. The van der Waals surface area contributed by atoms with Gasteiger partial charge in [-0.1, -0.05) is 41.4 Å². The number of nitrogens with zero attached hydrogens (tertiary/aromatic N) is 3. The molecule has 0 bridgehead atoms. The Balaban J connectivity index is 1.28. The van der Waals surface area contributed by atoms with E-state index in [4.69, 9.17) is 27.6 Å². The van der Waals surface area contributed by atoms with Crippen molar-refractivity contribution in [1.29, 1.82) is 0 Å². The van der Waals surface area contributed by atoms with Crippen LogP contribution in [-0.2, 0) is 4.79 Å². The summed E-state index contributed by atoms with van der Waals surface area (Å²) in [5.74, 6) is 0.809. The second-order valence-electron chi connectivity index (χ2n) is 7.18. The number of hydrogen-bond acceptors (Lipinski definition) is 4. The first-order valence-corrected chi connectivity index (χ1v) is 10.8. The Kier molecular flexibility index (Phi) is 5.69. The molecule has 0 fully saturated rings. The predicted molar refractivity (Wildman–Crippen MR) is 131 cm³/mol. The van der Waals surface area contributed by atoms with Crippen LogP contribution in [0.5, 0.6) is 0 Å². The maximum atomic E-state index is 12.4. The number of nitrogens with one attached hydrogen (secondary N) is 1. The van der Waals surface area contributed by atoms with Gasteiger partial charge in [0, 0.05) is 22.3 Å². The summed E-state index contributed by atoms with van der Waals surface area (Å²) in [6.07, 6.45) is 2.99. The molecule has 162 valence electrons. The molecule has 5 rings (SSSR count). The van der Waals surface area contributed by atoms with Gasteiger partial charge in [-0.15, -0.1) is 10.2 Å². The van der Waals surface area contributed by atoms with Crippen LogP contribution in [0.25, 0.3) is 34.1 Å². The zero-order chi connectivity index (χ0) is 22.8. The Morgan fingerprint density at radius 3 is 2.55 bits per heavy atom. The molecular formula is C25H16Cl2N4O2. The van der Waals surface area contributed by atoms with E-state index in [-0.39, 0.29) is 5.91 Å². The molecule has 2 heterocycles. The second-order valence-corrected chi connectivity index (χ2v) is 8.02. The normalized spacial score (nSPS) is 11.3. The lowest BCUT2D eigenvalue weighted by molar-refractivity contribution is -0.111. The topological polar surface area (TPSA) is 73.0 Å². The Morgan fingerprint density at radius 2 is 1.73 bits per heavy atom. The molecule has 0 aliphatic carbocycles. The summed E-state index contributed by atoms with van der Waals surface area (Å²) in [6, 6.07) is 23.7. The van der Waals surface area contributed by atoms with E-state index < -0.39 is 0 Å². The van der Waals surface area contributed by atoms with Gasteiger partial charge in [0.2, 0.25) is 5.91 Å². The molecular weight excluding hydrogens is 459 g/mol. The van der Waals surface area contributed by atoms with Crippen LogP contribution in [0.3, 0.4) is 0 Å². The average molecular weight is 475 g/mol. The monoisotopic (exact) mass is 474 g/mol. The van der Waals surface area contributed by atoms with Gasteiger partial charge in [-0.2, -0.15) is 4.80 Å². The van der Waals surface area contributed by atoms with Crippen molar-refractivity contribution in [2.45, 2.75) is 0 Å². The number of halogens is 2. The van der Waals surface area contributed by atoms with E-state index in [1.807, 2.05) is 36.4 Å².